The number of hydrogen-bond donors (Lipinski definition) is 3. The van der Waals surface area contributed by atoms with Crippen molar-refractivity contribution in [2.45, 2.75) is 24.8 Å². The number of sulfonamides is 1. The molecule has 0 radical (unpaired) electrons. The minimum Gasteiger partial charge on any atom is -0.396 e. The normalized spacial score (nSPS) is 13.3. The number of nitrogens with two attached hydrogens (primary N) is 1. The van der Waals surface area contributed by atoms with E-state index in [9.17, 15) is 12.8 Å². The van der Waals surface area contributed by atoms with Gasteiger partial charge in [0.05, 0.1) is 16.6 Å². The van der Waals surface area contributed by atoms with Crippen LogP contribution in [0, 0.1) is 12.7 Å². The molecular weight excluding hydrogens is 285 g/mol. The molecule has 20 heavy (non-hydrogen) atoms. The topological polar surface area (TPSA) is 114 Å². The fourth-order valence-corrected chi connectivity index (χ4v) is 3.03. The summed E-state index contributed by atoms with van der Waals surface area (Å²) >= 11 is 0. The van der Waals surface area contributed by atoms with Gasteiger partial charge in [-0.2, -0.15) is 5.10 Å². The van der Waals surface area contributed by atoms with Crippen molar-refractivity contribution in [3.05, 3.63) is 35.7 Å². The van der Waals surface area contributed by atoms with Gasteiger partial charge in [-0.15, -0.1) is 0 Å². The molecular formula is C11H14FN5O2S. The van der Waals surface area contributed by atoms with Gasteiger partial charge >= 0.3 is 0 Å². The molecule has 1 atom stereocenters. The van der Waals surface area contributed by atoms with E-state index in [0.717, 1.165) is 6.07 Å². The van der Waals surface area contributed by atoms with Gasteiger partial charge in [0.2, 0.25) is 10.0 Å². The van der Waals surface area contributed by atoms with E-state index < -0.39 is 21.9 Å². The van der Waals surface area contributed by atoms with Gasteiger partial charge in [-0.25, -0.2) is 22.5 Å². The Morgan fingerprint density at radius 3 is 2.70 bits per heavy atom. The Labute approximate surface area is 115 Å². The smallest absolute Gasteiger partial charge is 0.241 e. The summed E-state index contributed by atoms with van der Waals surface area (Å²) in [6, 6.07) is 1.70. The number of H-pyrrole nitrogens is 1. The lowest BCUT2D eigenvalue weighted by Gasteiger charge is -2.13. The summed E-state index contributed by atoms with van der Waals surface area (Å²) in [6.07, 6.45) is 1.28. The number of aryl methyl sites for hydroxylation is 1. The fraction of sp³-hybridized carbons (Fsp3) is 0.273. The maximum Gasteiger partial charge on any atom is 0.241 e. The van der Waals surface area contributed by atoms with E-state index in [1.54, 1.807) is 6.92 Å². The molecule has 1 unspecified atom stereocenters. The second-order valence-corrected chi connectivity index (χ2v) is 6.07. The van der Waals surface area contributed by atoms with E-state index >= 15 is 0 Å². The minimum atomic E-state index is -3.83. The van der Waals surface area contributed by atoms with Crippen LogP contribution in [0.5, 0.6) is 0 Å². The van der Waals surface area contributed by atoms with Gasteiger partial charge in [-0.3, -0.25) is 5.10 Å². The molecule has 0 amide bonds. The summed E-state index contributed by atoms with van der Waals surface area (Å²) in [5, 5.41) is 6.22. The van der Waals surface area contributed by atoms with Crippen molar-refractivity contribution in [3.8, 4) is 0 Å². The first-order valence-electron chi connectivity index (χ1n) is 5.74. The van der Waals surface area contributed by atoms with E-state index in [-0.39, 0.29) is 16.1 Å². The largest absolute Gasteiger partial charge is 0.396 e. The average Bonchev–Trinajstić information content (AvgIpc) is 2.88. The highest BCUT2D eigenvalue weighted by Crippen LogP contribution is 2.22. The highest BCUT2D eigenvalue weighted by atomic mass is 32.2. The van der Waals surface area contributed by atoms with Crippen LogP contribution in [-0.4, -0.2) is 23.6 Å². The second kappa shape index (κ2) is 5.17. The SMILES string of the molecule is Cc1cc(S(=O)(=O)NC(C)c2ncn[nH]2)cc(N)c1F. The molecule has 1 aromatic carbocycles. The Morgan fingerprint density at radius 1 is 1.45 bits per heavy atom. The Balaban J connectivity index is 2.31. The molecule has 1 aromatic heterocycles. The molecule has 0 saturated carbocycles. The van der Waals surface area contributed by atoms with Crippen molar-refractivity contribution in [1.29, 1.82) is 0 Å². The number of nitrogens with one attached hydrogen (secondary N) is 2. The van der Waals surface area contributed by atoms with Gasteiger partial charge in [-0.1, -0.05) is 0 Å². The molecule has 0 fully saturated rings. The average molecular weight is 299 g/mol. The number of aromatic nitrogens is 3. The predicted molar refractivity (Wildman–Crippen MR) is 70.7 cm³/mol. The number of rotatable bonds is 4. The van der Waals surface area contributed by atoms with E-state index in [1.807, 2.05) is 0 Å². The zero-order chi connectivity index (χ0) is 14.9. The van der Waals surface area contributed by atoms with Crippen LogP contribution in [0.15, 0.2) is 23.4 Å². The van der Waals surface area contributed by atoms with E-state index in [2.05, 4.69) is 19.9 Å². The summed E-state index contributed by atoms with van der Waals surface area (Å²) in [6.45, 7) is 3.06. The summed E-state index contributed by atoms with van der Waals surface area (Å²) < 4.78 is 40.2. The van der Waals surface area contributed by atoms with E-state index in [1.165, 1.54) is 19.3 Å². The number of halogens is 1. The van der Waals surface area contributed by atoms with Gasteiger partial charge < -0.3 is 5.73 Å². The van der Waals surface area contributed by atoms with Crippen LogP contribution in [0.1, 0.15) is 24.4 Å². The van der Waals surface area contributed by atoms with Gasteiger partial charge in [0.15, 0.2) is 0 Å². The lowest BCUT2D eigenvalue weighted by atomic mass is 10.2. The van der Waals surface area contributed by atoms with Crippen molar-refractivity contribution in [2.24, 2.45) is 0 Å². The second-order valence-electron chi connectivity index (χ2n) is 4.36. The maximum atomic E-state index is 13.4. The molecule has 2 rings (SSSR count). The molecule has 0 aliphatic heterocycles. The zero-order valence-corrected chi connectivity index (χ0v) is 11.7. The monoisotopic (exact) mass is 299 g/mol. The fourth-order valence-electron chi connectivity index (χ4n) is 1.70. The number of benzene rings is 1. The van der Waals surface area contributed by atoms with Crippen LogP contribution in [0.2, 0.25) is 0 Å². The summed E-state index contributed by atoms with van der Waals surface area (Å²) in [5.74, 6) is -0.243. The van der Waals surface area contributed by atoms with Crippen molar-refractivity contribution < 1.29 is 12.8 Å². The number of aromatic amines is 1. The number of nitrogen functional groups attached to an aromatic ring is 1. The summed E-state index contributed by atoms with van der Waals surface area (Å²) in [5.41, 5.74) is 5.40. The quantitative estimate of drug-likeness (QED) is 0.725. The molecule has 108 valence electrons. The zero-order valence-electron chi connectivity index (χ0n) is 10.9. The maximum absolute atomic E-state index is 13.4. The van der Waals surface area contributed by atoms with E-state index in [4.69, 9.17) is 5.73 Å². The Kier molecular flexibility index (Phi) is 3.73. The molecule has 4 N–H and O–H groups in total. The van der Waals surface area contributed by atoms with Crippen LogP contribution in [0.3, 0.4) is 0 Å². The Morgan fingerprint density at radius 2 is 2.15 bits per heavy atom. The first-order valence-corrected chi connectivity index (χ1v) is 7.23. The van der Waals surface area contributed by atoms with Crippen molar-refractivity contribution in [1.82, 2.24) is 19.9 Å². The molecule has 0 aliphatic carbocycles. The molecule has 1 heterocycles. The van der Waals surface area contributed by atoms with Crippen molar-refractivity contribution in [3.63, 3.8) is 0 Å². The molecule has 0 spiro atoms. The highest BCUT2D eigenvalue weighted by molar-refractivity contribution is 7.89. The van der Waals surface area contributed by atoms with Crippen LogP contribution < -0.4 is 10.5 Å². The van der Waals surface area contributed by atoms with Gasteiger partial charge in [0.1, 0.15) is 18.0 Å². The van der Waals surface area contributed by atoms with Gasteiger partial charge in [0, 0.05) is 0 Å². The van der Waals surface area contributed by atoms with E-state index in [0.29, 0.717) is 5.82 Å². The number of nitrogens with zero attached hydrogens (tertiary/aromatic N) is 2. The standard InChI is InChI=1S/C11H14FN5O2S/c1-6-3-8(4-9(13)10(6)12)20(18,19)17-7(2)11-14-5-15-16-11/h3-5,7,17H,13H2,1-2H3,(H,14,15,16). The highest BCUT2D eigenvalue weighted by Gasteiger charge is 2.21. The van der Waals surface area contributed by atoms with Crippen molar-refractivity contribution >= 4 is 15.7 Å². The van der Waals surface area contributed by atoms with Crippen LogP contribution in [0.25, 0.3) is 0 Å². The third kappa shape index (κ3) is 2.78. The summed E-state index contributed by atoms with van der Waals surface area (Å²) in [7, 11) is -3.83. The number of anilines is 1. The molecule has 0 saturated heterocycles. The number of hydrogen-bond acceptors (Lipinski definition) is 5. The third-order valence-corrected chi connectivity index (χ3v) is 4.26. The molecule has 2 aromatic rings. The third-order valence-electron chi connectivity index (χ3n) is 2.74. The molecule has 0 bridgehead atoms. The molecule has 0 aliphatic rings. The van der Waals surface area contributed by atoms with Gasteiger partial charge in [-0.05, 0) is 31.5 Å². The molecule has 7 nitrogen and oxygen atoms in total. The molecule has 9 heteroatoms. The lowest BCUT2D eigenvalue weighted by Crippen LogP contribution is -2.27. The first kappa shape index (κ1) is 14.4. The first-order chi connectivity index (χ1) is 9.31. The van der Waals surface area contributed by atoms with Gasteiger partial charge in [0.25, 0.3) is 0 Å². The van der Waals surface area contributed by atoms with Crippen LogP contribution >= 0.6 is 0 Å². The van der Waals surface area contributed by atoms with Crippen LogP contribution in [-0.2, 0) is 10.0 Å². The Bertz CT molecular complexity index is 691. The Hall–Kier alpha value is -2.00. The minimum absolute atomic E-state index is 0.0970. The van der Waals surface area contributed by atoms with Crippen LogP contribution in [0.4, 0.5) is 10.1 Å². The van der Waals surface area contributed by atoms with Crippen molar-refractivity contribution in [2.75, 3.05) is 5.73 Å². The lowest BCUT2D eigenvalue weighted by molar-refractivity contribution is 0.559. The predicted octanol–water partition coefficient (Wildman–Crippen LogP) is 0.874. The summed E-state index contributed by atoms with van der Waals surface area (Å²) in [4.78, 5) is 3.77.